The second kappa shape index (κ2) is 5.44. The van der Waals surface area contributed by atoms with E-state index in [1.54, 1.807) is 6.20 Å². The number of hydrogen-bond acceptors (Lipinski definition) is 4. The molecule has 5 rings (SSSR count). The highest BCUT2D eigenvalue weighted by atomic mass is 16.1. The van der Waals surface area contributed by atoms with E-state index in [0.29, 0.717) is 11.3 Å². The van der Waals surface area contributed by atoms with Gasteiger partial charge in [0.05, 0.1) is 16.8 Å². The van der Waals surface area contributed by atoms with E-state index in [1.165, 1.54) is 17.5 Å². The van der Waals surface area contributed by atoms with Gasteiger partial charge in [-0.05, 0) is 37.1 Å². The van der Waals surface area contributed by atoms with Crippen LogP contribution in [0.1, 0.15) is 12.8 Å². The maximum atomic E-state index is 12.8. The zero-order valence-corrected chi connectivity index (χ0v) is 13.6. The third-order valence-electron chi connectivity index (χ3n) is 4.79. The molecule has 1 fully saturated rings. The first-order chi connectivity index (χ1) is 12.3. The van der Waals surface area contributed by atoms with Crippen LogP contribution in [0.4, 0.5) is 5.82 Å². The Morgan fingerprint density at radius 1 is 1.00 bits per heavy atom. The highest BCUT2D eigenvalue weighted by Crippen LogP contribution is 2.27. The lowest BCUT2D eigenvalue weighted by Gasteiger charge is -2.16. The van der Waals surface area contributed by atoms with Crippen LogP contribution >= 0.6 is 0 Å². The van der Waals surface area contributed by atoms with Crippen molar-refractivity contribution in [2.24, 2.45) is 0 Å². The fraction of sp³-hybridized carbons (Fsp3) is 0.211. The van der Waals surface area contributed by atoms with Gasteiger partial charge in [-0.15, -0.1) is 0 Å². The average molecular weight is 331 g/mol. The molecule has 0 aliphatic carbocycles. The molecular formula is C19H17N5O. The summed E-state index contributed by atoms with van der Waals surface area (Å²) in [4.78, 5) is 23.0. The normalized spacial score (nSPS) is 14.6. The number of para-hydroxylation sites is 1. The number of aromatic amines is 1. The van der Waals surface area contributed by atoms with Crippen molar-refractivity contribution in [3.05, 3.63) is 59.0 Å². The second-order valence-electron chi connectivity index (χ2n) is 6.36. The number of fused-ring (bicyclic) bond motifs is 3. The molecule has 6 heteroatoms. The molecule has 0 bridgehead atoms. The van der Waals surface area contributed by atoms with Crippen molar-refractivity contribution in [2.75, 3.05) is 18.0 Å². The molecule has 0 radical (unpaired) electrons. The van der Waals surface area contributed by atoms with E-state index < -0.39 is 0 Å². The number of pyridine rings is 2. The molecule has 1 aromatic carbocycles. The van der Waals surface area contributed by atoms with E-state index in [0.717, 1.165) is 35.6 Å². The molecule has 6 nitrogen and oxygen atoms in total. The van der Waals surface area contributed by atoms with Crippen LogP contribution < -0.4 is 10.5 Å². The third kappa shape index (κ3) is 2.21. The Hall–Kier alpha value is -3.15. The molecule has 4 heterocycles. The van der Waals surface area contributed by atoms with Crippen LogP contribution in [0, 0.1) is 0 Å². The summed E-state index contributed by atoms with van der Waals surface area (Å²) in [6.45, 7) is 2.06. The lowest BCUT2D eigenvalue weighted by Crippen LogP contribution is -2.18. The van der Waals surface area contributed by atoms with Crippen molar-refractivity contribution >= 4 is 16.9 Å². The van der Waals surface area contributed by atoms with E-state index in [9.17, 15) is 4.79 Å². The summed E-state index contributed by atoms with van der Waals surface area (Å²) < 4.78 is 1.45. The predicted octanol–water partition coefficient (Wildman–Crippen LogP) is 2.81. The predicted molar refractivity (Wildman–Crippen MR) is 97.6 cm³/mol. The molecule has 0 spiro atoms. The van der Waals surface area contributed by atoms with Crippen molar-refractivity contribution < 1.29 is 0 Å². The SMILES string of the molecule is O=c1c2c[nH]c3ccc(N4CCCC4)nc3c-2nn1-c1ccccc1. The van der Waals surface area contributed by atoms with Crippen LogP contribution in [-0.4, -0.2) is 32.8 Å². The van der Waals surface area contributed by atoms with E-state index >= 15 is 0 Å². The number of aromatic nitrogens is 4. The molecule has 0 saturated carbocycles. The van der Waals surface area contributed by atoms with Gasteiger partial charge in [0, 0.05) is 19.3 Å². The van der Waals surface area contributed by atoms with Gasteiger partial charge < -0.3 is 9.88 Å². The Morgan fingerprint density at radius 2 is 1.80 bits per heavy atom. The molecule has 1 N–H and O–H groups in total. The van der Waals surface area contributed by atoms with E-state index in [-0.39, 0.29) is 5.56 Å². The molecule has 0 unspecified atom stereocenters. The van der Waals surface area contributed by atoms with E-state index in [1.807, 2.05) is 42.5 Å². The van der Waals surface area contributed by atoms with Gasteiger partial charge in [-0.1, -0.05) is 18.2 Å². The Kier molecular flexibility index (Phi) is 3.09. The van der Waals surface area contributed by atoms with Crippen LogP contribution in [-0.2, 0) is 0 Å². The fourth-order valence-corrected chi connectivity index (χ4v) is 3.48. The Morgan fingerprint density at radius 3 is 2.60 bits per heavy atom. The quantitative estimate of drug-likeness (QED) is 0.613. The van der Waals surface area contributed by atoms with Gasteiger partial charge in [0.15, 0.2) is 0 Å². The van der Waals surface area contributed by atoms with Crippen molar-refractivity contribution in [1.29, 1.82) is 0 Å². The number of hydrogen-bond donors (Lipinski definition) is 1. The number of rotatable bonds is 2. The smallest absolute Gasteiger partial charge is 0.282 e. The van der Waals surface area contributed by atoms with Gasteiger partial charge in [0.1, 0.15) is 17.0 Å². The van der Waals surface area contributed by atoms with Gasteiger partial charge >= 0.3 is 0 Å². The number of anilines is 1. The Balaban J connectivity index is 1.74. The van der Waals surface area contributed by atoms with Gasteiger partial charge in [-0.3, -0.25) is 4.79 Å². The van der Waals surface area contributed by atoms with Crippen LogP contribution in [0.15, 0.2) is 53.5 Å². The maximum Gasteiger partial charge on any atom is 0.282 e. The first-order valence-electron chi connectivity index (χ1n) is 8.53. The van der Waals surface area contributed by atoms with Crippen molar-refractivity contribution in [2.45, 2.75) is 12.8 Å². The molecule has 1 saturated heterocycles. The second-order valence-corrected chi connectivity index (χ2v) is 6.36. The molecular weight excluding hydrogens is 314 g/mol. The van der Waals surface area contributed by atoms with Crippen LogP contribution in [0.25, 0.3) is 28.0 Å². The number of nitrogens with one attached hydrogen (secondary N) is 1. The first kappa shape index (κ1) is 14.2. The minimum Gasteiger partial charge on any atom is -0.359 e. The summed E-state index contributed by atoms with van der Waals surface area (Å²) in [5.74, 6) is 0.951. The molecule has 124 valence electrons. The van der Waals surface area contributed by atoms with E-state index in [4.69, 9.17) is 4.98 Å². The maximum absolute atomic E-state index is 12.8. The summed E-state index contributed by atoms with van der Waals surface area (Å²) >= 11 is 0. The summed E-state index contributed by atoms with van der Waals surface area (Å²) in [5.41, 5.74) is 3.45. The molecule has 0 atom stereocenters. The summed E-state index contributed by atoms with van der Waals surface area (Å²) in [6, 6.07) is 13.5. The van der Waals surface area contributed by atoms with Gasteiger partial charge in [-0.2, -0.15) is 9.78 Å². The van der Waals surface area contributed by atoms with Crippen molar-refractivity contribution in [3.63, 3.8) is 0 Å². The topological polar surface area (TPSA) is 66.8 Å². The summed E-state index contributed by atoms with van der Waals surface area (Å²) in [7, 11) is 0. The zero-order valence-electron chi connectivity index (χ0n) is 13.6. The monoisotopic (exact) mass is 331 g/mol. The summed E-state index contributed by atoms with van der Waals surface area (Å²) in [6.07, 6.45) is 4.12. The highest BCUT2D eigenvalue weighted by molar-refractivity contribution is 5.91. The van der Waals surface area contributed by atoms with Gasteiger partial charge in [-0.25, -0.2) is 4.98 Å². The number of H-pyrrole nitrogens is 1. The fourth-order valence-electron chi connectivity index (χ4n) is 3.48. The number of benzene rings is 1. The first-order valence-corrected chi connectivity index (χ1v) is 8.53. The molecule has 3 aliphatic heterocycles. The minimum atomic E-state index is -0.132. The van der Waals surface area contributed by atoms with Crippen LogP contribution in [0.3, 0.4) is 0 Å². The third-order valence-corrected chi connectivity index (χ3v) is 4.79. The number of nitrogens with zero attached hydrogens (tertiary/aromatic N) is 4. The molecule has 0 amide bonds. The van der Waals surface area contributed by atoms with E-state index in [2.05, 4.69) is 15.0 Å². The van der Waals surface area contributed by atoms with Crippen molar-refractivity contribution in [1.82, 2.24) is 19.7 Å². The largest absolute Gasteiger partial charge is 0.359 e. The molecule has 3 aliphatic rings. The zero-order chi connectivity index (χ0) is 16.8. The molecule has 2 aromatic rings. The lowest BCUT2D eigenvalue weighted by molar-refractivity contribution is 0.858. The molecule has 1 aromatic heterocycles. The Bertz CT molecular complexity index is 1080. The molecule has 25 heavy (non-hydrogen) atoms. The highest BCUT2D eigenvalue weighted by Gasteiger charge is 2.21. The Labute approximate surface area is 144 Å². The standard InChI is InChI=1S/C19H17N5O/c25-19-14-12-20-15-8-9-16(23-10-4-5-11-23)21-18(15)17(14)22-24(19)13-6-2-1-3-7-13/h1-3,6-9,12,20H,4-5,10-11H2. The lowest BCUT2D eigenvalue weighted by atomic mass is 10.2. The van der Waals surface area contributed by atoms with Crippen molar-refractivity contribution in [3.8, 4) is 16.9 Å². The van der Waals surface area contributed by atoms with Gasteiger partial charge in [0.2, 0.25) is 0 Å². The van der Waals surface area contributed by atoms with Gasteiger partial charge in [0.25, 0.3) is 5.56 Å². The summed E-state index contributed by atoms with van der Waals surface area (Å²) in [5, 5.41) is 4.58. The average Bonchev–Trinajstić information content (AvgIpc) is 3.31. The minimum absolute atomic E-state index is 0.132. The van der Waals surface area contributed by atoms with Crippen LogP contribution in [0.5, 0.6) is 0 Å². The van der Waals surface area contributed by atoms with Crippen LogP contribution in [0.2, 0.25) is 0 Å².